The molecule has 0 aromatic heterocycles. The van der Waals surface area contributed by atoms with Gasteiger partial charge in [-0.1, -0.05) is 11.6 Å². The van der Waals surface area contributed by atoms with Gasteiger partial charge in [-0.15, -0.1) is 0 Å². The molecule has 2 aliphatic heterocycles. The zero-order valence-corrected chi connectivity index (χ0v) is 22.9. The van der Waals surface area contributed by atoms with Gasteiger partial charge in [0.2, 0.25) is 0 Å². The van der Waals surface area contributed by atoms with Crippen LogP contribution in [0.1, 0.15) is 28.8 Å². The van der Waals surface area contributed by atoms with E-state index in [0.29, 0.717) is 55.4 Å². The molecule has 2 fully saturated rings. The molecular formula is C27H30ClF5N4O4. The summed E-state index contributed by atoms with van der Waals surface area (Å²) >= 11 is 6.30. The summed E-state index contributed by atoms with van der Waals surface area (Å²) in [4.78, 5) is 29.7. The van der Waals surface area contributed by atoms with Crippen molar-refractivity contribution in [3.05, 3.63) is 64.2 Å². The summed E-state index contributed by atoms with van der Waals surface area (Å²) in [6, 6.07) is 5.99. The average Bonchev–Trinajstić information content (AvgIpc) is 2.88. The third-order valence-electron chi connectivity index (χ3n) is 7.53. The second kappa shape index (κ2) is 12.1. The SMILES string of the molecule is CN(CCO)C(=O)c1ccc(NC2CN(C3CCN(C(=O)[C@](O)(c4cc(F)cc(F)c4)C(F)(F)F)CC3)C2)cc1Cl. The first kappa shape index (κ1) is 30.9. The van der Waals surface area contributed by atoms with Crippen LogP contribution in [0, 0.1) is 11.6 Å². The van der Waals surface area contributed by atoms with E-state index in [1.54, 1.807) is 25.2 Å². The Labute approximate surface area is 238 Å². The smallest absolute Gasteiger partial charge is 0.395 e. The number of likely N-dealkylation sites (tertiary alicyclic amines) is 2. The first-order chi connectivity index (χ1) is 19.2. The molecule has 2 aromatic carbocycles. The molecule has 0 aliphatic carbocycles. The van der Waals surface area contributed by atoms with Crippen LogP contribution in [0.25, 0.3) is 0 Å². The predicted octanol–water partition coefficient (Wildman–Crippen LogP) is 3.22. The predicted molar refractivity (Wildman–Crippen MR) is 140 cm³/mol. The number of alkyl halides is 3. The third-order valence-corrected chi connectivity index (χ3v) is 7.84. The summed E-state index contributed by atoms with van der Waals surface area (Å²) in [6.45, 7) is 1.14. The minimum atomic E-state index is -5.50. The van der Waals surface area contributed by atoms with Crippen molar-refractivity contribution in [3.8, 4) is 0 Å². The second-order valence-electron chi connectivity index (χ2n) is 10.3. The van der Waals surface area contributed by atoms with Crippen LogP contribution in [0.15, 0.2) is 36.4 Å². The summed E-state index contributed by atoms with van der Waals surface area (Å²) in [5.74, 6) is -4.66. The molecule has 0 saturated carbocycles. The van der Waals surface area contributed by atoms with Gasteiger partial charge in [0.25, 0.3) is 17.4 Å². The number of piperidine rings is 1. The number of benzene rings is 2. The van der Waals surface area contributed by atoms with Gasteiger partial charge in [-0.25, -0.2) is 8.78 Å². The van der Waals surface area contributed by atoms with Crippen LogP contribution in [-0.2, 0) is 10.4 Å². The van der Waals surface area contributed by atoms with Crippen LogP contribution >= 0.6 is 11.6 Å². The zero-order valence-electron chi connectivity index (χ0n) is 22.1. The lowest BCUT2D eigenvalue weighted by molar-refractivity contribution is -0.262. The number of hydrogen-bond acceptors (Lipinski definition) is 6. The highest BCUT2D eigenvalue weighted by atomic mass is 35.5. The van der Waals surface area contributed by atoms with E-state index in [0.717, 1.165) is 4.90 Å². The fourth-order valence-corrected chi connectivity index (χ4v) is 5.47. The molecular weight excluding hydrogens is 575 g/mol. The highest BCUT2D eigenvalue weighted by Gasteiger charge is 2.62. The molecule has 14 heteroatoms. The van der Waals surface area contributed by atoms with E-state index >= 15 is 0 Å². The summed E-state index contributed by atoms with van der Waals surface area (Å²) in [5.41, 5.74) is -4.27. The Bertz CT molecular complexity index is 1260. The molecule has 0 unspecified atom stereocenters. The van der Waals surface area contributed by atoms with Crippen molar-refractivity contribution in [3.63, 3.8) is 0 Å². The maximum atomic E-state index is 13.9. The molecule has 2 aromatic rings. The second-order valence-corrected chi connectivity index (χ2v) is 10.7. The van der Waals surface area contributed by atoms with E-state index < -0.39 is 34.9 Å². The van der Waals surface area contributed by atoms with Gasteiger partial charge in [-0.2, -0.15) is 13.2 Å². The Morgan fingerprint density at radius 2 is 1.68 bits per heavy atom. The maximum Gasteiger partial charge on any atom is 0.430 e. The van der Waals surface area contributed by atoms with Gasteiger partial charge in [-0.05, 0) is 43.2 Å². The Morgan fingerprint density at radius 3 is 2.22 bits per heavy atom. The van der Waals surface area contributed by atoms with Crippen molar-refractivity contribution in [1.29, 1.82) is 0 Å². The number of likely N-dealkylation sites (N-methyl/N-ethyl adjacent to an activating group) is 1. The van der Waals surface area contributed by atoms with E-state index in [-0.39, 0.29) is 49.3 Å². The summed E-state index contributed by atoms with van der Waals surface area (Å²) < 4.78 is 69.0. The van der Waals surface area contributed by atoms with Crippen molar-refractivity contribution in [1.82, 2.24) is 14.7 Å². The van der Waals surface area contributed by atoms with Gasteiger partial charge in [0.1, 0.15) is 11.6 Å². The van der Waals surface area contributed by atoms with Gasteiger partial charge in [0, 0.05) is 63.1 Å². The number of aliphatic hydroxyl groups excluding tert-OH is 1. The van der Waals surface area contributed by atoms with E-state index in [4.69, 9.17) is 16.7 Å². The molecule has 2 saturated heterocycles. The molecule has 224 valence electrons. The van der Waals surface area contributed by atoms with Gasteiger partial charge >= 0.3 is 6.18 Å². The summed E-state index contributed by atoms with van der Waals surface area (Å²) in [6.07, 6.45) is -4.79. The molecule has 41 heavy (non-hydrogen) atoms. The molecule has 3 N–H and O–H groups in total. The molecule has 1 atom stereocenters. The number of nitrogens with one attached hydrogen (secondary N) is 1. The van der Waals surface area contributed by atoms with E-state index in [1.807, 2.05) is 0 Å². The number of anilines is 1. The summed E-state index contributed by atoms with van der Waals surface area (Å²) in [5, 5.41) is 23.1. The van der Waals surface area contributed by atoms with Gasteiger partial charge in [0.15, 0.2) is 0 Å². The van der Waals surface area contributed by atoms with Crippen molar-refractivity contribution in [2.45, 2.75) is 36.7 Å². The summed E-state index contributed by atoms with van der Waals surface area (Å²) in [7, 11) is 1.56. The monoisotopic (exact) mass is 604 g/mol. The molecule has 8 nitrogen and oxygen atoms in total. The Balaban J connectivity index is 1.32. The van der Waals surface area contributed by atoms with Crippen molar-refractivity contribution >= 4 is 29.1 Å². The molecule has 0 bridgehead atoms. The first-order valence-corrected chi connectivity index (χ1v) is 13.3. The minimum absolute atomic E-state index is 0.00617. The topological polar surface area (TPSA) is 96.4 Å². The standard InChI is InChI=1S/C27H30ClF5N4O4/c1-35(8-9-38)24(39)22-3-2-19(13-23(22)28)34-20-14-37(15-20)21-4-6-36(7-5-21)25(40)26(41,27(31,32)33)16-10-17(29)12-18(30)11-16/h2-3,10-13,20-21,34,38,41H,4-9,14-15H2,1H3/t26-/m1/s1. The van der Waals surface area contributed by atoms with E-state index in [1.165, 1.54) is 4.90 Å². The number of halogens is 6. The number of carbonyl (C=O) groups is 2. The van der Waals surface area contributed by atoms with Crippen LogP contribution in [0.2, 0.25) is 5.02 Å². The van der Waals surface area contributed by atoms with Crippen molar-refractivity contribution in [2.24, 2.45) is 0 Å². The average molecular weight is 605 g/mol. The lowest BCUT2D eigenvalue weighted by Crippen LogP contribution is -2.62. The molecule has 0 spiro atoms. The number of hydrogen-bond donors (Lipinski definition) is 3. The van der Waals surface area contributed by atoms with Gasteiger partial charge in [-0.3, -0.25) is 14.5 Å². The molecule has 0 radical (unpaired) electrons. The van der Waals surface area contributed by atoms with Crippen LogP contribution in [0.3, 0.4) is 0 Å². The van der Waals surface area contributed by atoms with Crippen molar-refractivity contribution in [2.75, 3.05) is 51.7 Å². The number of aliphatic hydroxyl groups is 2. The van der Waals surface area contributed by atoms with E-state index in [2.05, 4.69) is 10.2 Å². The van der Waals surface area contributed by atoms with E-state index in [9.17, 15) is 36.6 Å². The Hall–Kier alpha value is -3.00. The molecule has 2 aliphatic rings. The lowest BCUT2D eigenvalue weighted by Gasteiger charge is -2.48. The molecule has 2 amide bonds. The largest absolute Gasteiger partial charge is 0.430 e. The van der Waals surface area contributed by atoms with Crippen LogP contribution in [0.5, 0.6) is 0 Å². The van der Waals surface area contributed by atoms with Crippen LogP contribution < -0.4 is 5.32 Å². The molecule has 4 rings (SSSR count). The Kier molecular flexibility index (Phi) is 9.12. The Morgan fingerprint density at radius 1 is 1.07 bits per heavy atom. The fraction of sp³-hybridized carbons (Fsp3) is 0.481. The normalized spacial score (nSPS) is 18.5. The number of nitrogens with zero attached hydrogens (tertiary/aromatic N) is 3. The number of amides is 2. The first-order valence-electron chi connectivity index (χ1n) is 13.0. The van der Waals surface area contributed by atoms with Crippen molar-refractivity contribution < 1.29 is 41.8 Å². The maximum absolute atomic E-state index is 13.9. The highest BCUT2D eigenvalue weighted by molar-refractivity contribution is 6.34. The third kappa shape index (κ3) is 6.42. The number of carbonyl (C=O) groups excluding carboxylic acids is 2. The number of rotatable bonds is 8. The lowest BCUT2D eigenvalue weighted by atomic mass is 9.89. The zero-order chi connectivity index (χ0) is 30.1. The highest BCUT2D eigenvalue weighted by Crippen LogP contribution is 2.41. The fourth-order valence-electron chi connectivity index (χ4n) is 5.21. The quantitative estimate of drug-likeness (QED) is 0.401. The van der Waals surface area contributed by atoms with Crippen LogP contribution in [0.4, 0.5) is 27.6 Å². The van der Waals surface area contributed by atoms with Crippen LogP contribution in [-0.4, -0.2) is 101 Å². The van der Waals surface area contributed by atoms with Gasteiger partial charge in [0.05, 0.1) is 23.2 Å². The van der Waals surface area contributed by atoms with Gasteiger partial charge < -0.3 is 25.3 Å². The molecule has 2 heterocycles. The minimum Gasteiger partial charge on any atom is -0.395 e.